The van der Waals surface area contributed by atoms with Crippen molar-refractivity contribution >= 4 is 34.4 Å². The summed E-state index contributed by atoms with van der Waals surface area (Å²) in [6.07, 6.45) is 2.92. The van der Waals surface area contributed by atoms with Crippen molar-refractivity contribution in [3.8, 4) is 22.7 Å². The van der Waals surface area contributed by atoms with E-state index >= 15 is 4.39 Å². The number of anilines is 1. The molecule has 1 amide bonds. The predicted molar refractivity (Wildman–Crippen MR) is 160 cm³/mol. The number of benzene rings is 2. The summed E-state index contributed by atoms with van der Waals surface area (Å²) in [5.41, 5.74) is 1.75. The Morgan fingerprint density at radius 3 is 2.68 bits per heavy atom. The third-order valence-electron chi connectivity index (χ3n) is 7.37. The molecule has 3 heterocycles. The van der Waals surface area contributed by atoms with Gasteiger partial charge in [-0.05, 0) is 55.3 Å². The summed E-state index contributed by atoms with van der Waals surface area (Å²) in [7, 11) is 1.50. The number of hydrogen-bond donors (Lipinski definition) is 0. The van der Waals surface area contributed by atoms with Gasteiger partial charge in [-0.3, -0.25) is 4.79 Å². The molecular formula is C31H31ClFN5O3. The smallest absolute Gasteiger partial charge is 0.355 e. The average molecular weight is 576 g/mol. The number of methoxy groups -OCH3 is 1. The fourth-order valence-corrected chi connectivity index (χ4v) is 5.61. The summed E-state index contributed by atoms with van der Waals surface area (Å²) < 4.78 is 21.9. The van der Waals surface area contributed by atoms with E-state index in [1.165, 1.54) is 36.0 Å². The van der Waals surface area contributed by atoms with Gasteiger partial charge in [-0.1, -0.05) is 49.7 Å². The zero-order chi connectivity index (χ0) is 29.3. The van der Waals surface area contributed by atoms with Crippen molar-refractivity contribution in [2.24, 2.45) is 0 Å². The predicted octanol–water partition coefficient (Wildman–Crippen LogP) is 5.42. The van der Waals surface area contributed by atoms with Gasteiger partial charge in [0.15, 0.2) is 5.65 Å². The lowest BCUT2D eigenvalue weighted by Gasteiger charge is -2.40. The molecule has 1 fully saturated rings. The number of aromatic nitrogens is 3. The van der Waals surface area contributed by atoms with Crippen LogP contribution in [0.4, 0.5) is 10.2 Å². The Labute approximate surface area is 242 Å². The van der Waals surface area contributed by atoms with Crippen molar-refractivity contribution < 1.29 is 13.9 Å². The number of amides is 1. The van der Waals surface area contributed by atoms with Crippen LogP contribution in [-0.4, -0.2) is 58.1 Å². The van der Waals surface area contributed by atoms with Gasteiger partial charge in [0.2, 0.25) is 5.91 Å². The second kappa shape index (κ2) is 11.7. The highest BCUT2D eigenvalue weighted by atomic mass is 35.5. The van der Waals surface area contributed by atoms with E-state index in [4.69, 9.17) is 21.3 Å². The largest absolute Gasteiger partial charge is 0.497 e. The van der Waals surface area contributed by atoms with Gasteiger partial charge >= 0.3 is 5.69 Å². The first kappa shape index (κ1) is 28.3. The maximum absolute atomic E-state index is 15.1. The molecule has 0 N–H and O–H groups in total. The number of para-hydroxylation sites is 1. The normalized spacial score (nSPS) is 15.3. The maximum atomic E-state index is 15.1. The molecule has 2 aromatic carbocycles. The van der Waals surface area contributed by atoms with Gasteiger partial charge in [0.25, 0.3) is 0 Å². The maximum Gasteiger partial charge on any atom is 0.355 e. The van der Waals surface area contributed by atoms with Crippen LogP contribution < -0.4 is 15.3 Å². The van der Waals surface area contributed by atoms with Crippen molar-refractivity contribution in [3.05, 3.63) is 88.1 Å². The molecule has 1 atom stereocenters. The first-order chi connectivity index (χ1) is 19.8. The summed E-state index contributed by atoms with van der Waals surface area (Å²) in [6, 6.07) is 13.5. The van der Waals surface area contributed by atoms with Crippen LogP contribution in [0, 0.1) is 5.82 Å². The summed E-state index contributed by atoms with van der Waals surface area (Å²) in [6.45, 7) is 8.95. The lowest BCUT2D eigenvalue weighted by Crippen LogP contribution is -2.54. The molecule has 10 heteroatoms. The molecule has 4 aromatic rings. The number of halogens is 2. The first-order valence-electron chi connectivity index (χ1n) is 13.5. The zero-order valence-electron chi connectivity index (χ0n) is 23.2. The molecule has 1 aliphatic heterocycles. The monoisotopic (exact) mass is 575 g/mol. The van der Waals surface area contributed by atoms with Gasteiger partial charge < -0.3 is 14.5 Å². The van der Waals surface area contributed by atoms with E-state index in [9.17, 15) is 9.59 Å². The number of aryl methyl sites for hydroxylation is 1. The molecule has 0 spiro atoms. The van der Waals surface area contributed by atoms with Crippen LogP contribution in [0.3, 0.4) is 0 Å². The van der Waals surface area contributed by atoms with Crippen LogP contribution in [0.5, 0.6) is 5.75 Å². The average Bonchev–Trinajstić information content (AvgIpc) is 2.97. The minimum atomic E-state index is -0.522. The molecule has 0 radical (unpaired) electrons. The Morgan fingerprint density at radius 2 is 1.98 bits per heavy atom. The minimum absolute atomic E-state index is 0.146. The van der Waals surface area contributed by atoms with E-state index in [1.54, 1.807) is 11.0 Å². The molecule has 0 saturated carbocycles. The molecule has 0 aliphatic carbocycles. The van der Waals surface area contributed by atoms with Crippen molar-refractivity contribution in [1.82, 2.24) is 19.4 Å². The third-order valence-corrected chi connectivity index (χ3v) is 7.66. The van der Waals surface area contributed by atoms with Gasteiger partial charge in [-0.2, -0.15) is 4.98 Å². The van der Waals surface area contributed by atoms with E-state index < -0.39 is 11.5 Å². The minimum Gasteiger partial charge on any atom is -0.497 e. The highest BCUT2D eigenvalue weighted by Gasteiger charge is 2.30. The molecule has 41 heavy (non-hydrogen) atoms. The Hall–Kier alpha value is -4.24. The van der Waals surface area contributed by atoms with Gasteiger partial charge in [-0.25, -0.2) is 18.7 Å². The van der Waals surface area contributed by atoms with Crippen LogP contribution in [0.25, 0.3) is 28.0 Å². The summed E-state index contributed by atoms with van der Waals surface area (Å²) in [4.78, 5) is 39.2. The van der Waals surface area contributed by atoms with E-state index in [1.807, 2.05) is 36.1 Å². The lowest BCUT2D eigenvalue weighted by atomic mass is 10.1. The number of hydrogen-bond acceptors (Lipinski definition) is 6. The fourth-order valence-electron chi connectivity index (χ4n) is 5.35. The summed E-state index contributed by atoms with van der Waals surface area (Å²) >= 11 is 6.79. The highest BCUT2D eigenvalue weighted by Crippen LogP contribution is 2.36. The fraction of sp³-hybridized carbons (Fsp3) is 0.290. The number of pyridine rings is 1. The lowest BCUT2D eigenvalue weighted by molar-refractivity contribution is -0.126. The highest BCUT2D eigenvalue weighted by molar-refractivity contribution is 6.33. The Morgan fingerprint density at radius 1 is 1.20 bits per heavy atom. The van der Waals surface area contributed by atoms with Crippen molar-refractivity contribution in [1.29, 1.82) is 0 Å². The Balaban J connectivity index is 1.78. The van der Waals surface area contributed by atoms with Crippen molar-refractivity contribution in [3.63, 3.8) is 0 Å². The van der Waals surface area contributed by atoms with Crippen LogP contribution in [-0.2, 0) is 11.2 Å². The topological polar surface area (TPSA) is 80.6 Å². The number of fused-ring (bicyclic) bond motifs is 1. The van der Waals surface area contributed by atoms with Gasteiger partial charge in [0, 0.05) is 31.2 Å². The number of ether oxygens (including phenoxy) is 1. The van der Waals surface area contributed by atoms with Crippen LogP contribution in [0.1, 0.15) is 25.8 Å². The van der Waals surface area contributed by atoms with E-state index in [-0.39, 0.29) is 28.2 Å². The molecule has 212 valence electrons. The molecule has 0 bridgehead atoms. The summed E-state index contributed by atoms with van der Waals surface area (Å²) in [5, 5.41) is 0.746. The Bertz CT molecular complexity index is 1710. The third kappa shape index (κ3) is 5.29. The van der Waals surface area contributed by atoms with Gasteiger partial charge in [-0.15, -0.1) is 0 Å². The van der Waals surface area contributed by atoms with Crippen molar-refractivity contribution in [2.75, 3.05) is 31.6 Å². The molecule has 5 rings (SSSR count). The van der Waals surface area contributed by atoms with E-state index in [0.717, 1.165) is 18.4 Å². The van der Waals surface area contributed by atoms with Gasteiger partial charge in [0.05, 0.1) is 28.9 Å². The molecule has 0 unspecified atom stereocenters. The van der Waals surface area contributed by atoms with Crippen molar-refractivity contribution in [2.45, 2.75) is 32.7 Å². The number of carbonyl (C=O) groups is 1. The quantitative estimate of drug-likeness (QED) is 0.274. The molecule has 2 aromatic heterocycles. The van der Waals surface area contributed by atoms with Crippen LogP contribution in [0.2, 0.25) is 5.02 Å². The molecular weight excluding hydrogens is 545 g/mol. The number of piperazine rings is 1. The zero-order valence-corrected chi connectivity index (χ0v) is 24.0. The number of nitrogens with zero attached hydrogens (tertiary/aromatic N) is 5. The molecule has 1 saturated heterocycles. The van der Waals surface area contributed by atoms with E-state index in [0.29, 0.717) is 47.9 Å². The second-order valence-electron chi connectivity index (χ2n) is 10.00. The molecule has 8 nitrogen and oxygen atoms in total. The summed E-state index contributed by atoms with van der Waals surface area (Å²) in [5.74, 6) is 0.193. The van der Waals surface area contributed by atoms with Crippen LogP contribution >= 0.6 is 11.6 Å². The Kier molecular flexibility index (Phi) is 8.08. The van der Waals surface area contributed by atoms with Crippen LogP contribution in [0.15, 0.2) is 66.0 Å². The standard InChI is InChI=1S/C31H31ClFN5O3/c1-5-9-20-10-7-8-11-26(20)38-30-23(17-24(32)28(34-30)22-16-21(41-4)12-13-25(22)33)29(35-31(38)40)37-15-14-36(18-19(37)3)27(39)6-2/h6-8,10-13,16-17,19H,2,5,9,14-15,18H2,1,3-4H3/t19-/m0/s1. The number of rotatable bonds is 7. The second-order valence-corrected chi connectivity index (χ2v) is 10.4. The van der Waals surface area contributed by atoms with Gasteiger partial charge in [0.1, 0.15) is 17.4 Å². The van der Waals surface area contributed by atoms with E-state index in [2.05, 4.69) is 18.5 Å². The SMILES string of the molecule is C=CC(=O)N1CCN(c2nc(=O)n(-c3ccccc3CCC)c3nc(-c4cc(OC)ccc4F)c(Cl)cc23)[C@@H](C)C1. The number of carbonyl (C=O) groups excluding carboxylic acids is 1. The first-order valence-corrected chi connectivity index (χ1v) is 13.9. The molecule has 1 aliphatic rings.